The number of carbonyl (C=O) groups excluding carboxylic acids is 2. The normalized spacial score (nSPS) is 14.2. The Morgan fingerprint density at radius 2 is 2.14 bits per heavy atom. The van der Waals surface area contributed by atoms with E-state index in [1.165, 1.54) is 30.8 Å². The van der Waals surface area contributed by atoms with Gasteiger partial charge in [0, 0.05) is 24.9 Å². The van der Waals surface area contributed by atoms with Gasteiger partial charge in [0.2, 0.25) is 21.8 Å². The van der Waals surface area contributed by atoms with E-state index < -0.39 is 10.0 Å². The van der Waals surface area contributed by atoms with Crippen LogP contribution >= 0.6 is 11.8 Å². The van der Waals surface area contributed by atoms with Crippen molar-refractivity contribution in [3.63, 3.8) is 0 Å². The maximum Gasteiger partial charge on any atom is 0.240 e. The maximum absolute atomic E-state index is 12.1. The van der Waals surface area contributed by atoms with Crippen molar-refractivity contribution in [3.05, 3.63) is 18.2 Å². The Hall–Kier alpha value is -1.58. The van der Waals surface area contributed by atoms with Crippen LogP contribution in [-0.4, -0.2) is 39.1 Å². The largest absolute Gasteiger partial charge is 0.355 e. The van der Waals surface area contributed by atoms with E-state index in [2.05, 4.69) is 15.4 Å². The second-order valence-electron chi connectivity index (χ2n) is 4.38. The van der Waals surface area contributed by atoms with Crippen LogP contribution in [0.3, 0.4) is 0 Å². The summed E-state index contributed by atoms with van der Waals surface area (Å²) in [5, 5.41) is 5.14. The molecule has 0 fully saturated rings. The van der Waals surface area contributed by atoms with Crippen LogP contribution in [0.5, 0.6) is 0 Å². The Morgan fingerprint density at radius 3 is 2.86 bits per heavy atom. The molecule has 0 saturated carbocycles. The highest BCUT2D eigenvalue weighted by Gasteiger charge is 2.20. The van der Waals surface area contributed by atoms with Gasteiger partial charge >= 0.3 is 0 Å². The van der Waals surface area contributed by atoms with Crippen molar-refractivity contribution in [2.75, 3.05) is 24.2 Å². The minimum absolute atomic E-state index is 0.0758. The van der Waals surface area contributed by atoms with Gasteiger partial charge in [-0.25, -0.2) is 13.1 Å². The van der Waals surface area contributed by atoms with E-state index in [4.69, 9.17) is 0 Å². The third kappa shape index (κ3) is 4.19. The van der Waals surface area contributed by atoms with E-state index in [1.807, 2.05) is 0 Å². The van der Waals surface area contributed by atoms with Gasteiger partial charge in [-0.05, 0) is 18.2 Å². The maximum atomic E-state index is 12.1. The van der Waals surface area contributed by atoms with Gasteiger partial charge in [0.05, 0.1) is 16.3 Å². The monoisotopic (exact) mass is 329 g/mol. The molecule has 0 aromatic heterocycles. The van der Waals surface area contributed by atoms with E-state index >= 15 is 0 Å². The molecule has 2 amide bonds. The minimum Gasteiger partial charge on any atom is -0.355 e. The lowest BCUT2D eigenvalue weighted by molar-refractivity contribution is -0.119. The number of fused-ring (bicyclic) bond motifs is 1. The molecule has 0 unspecified atom stereocenters. The van der Waals surface area contributed by atoms with Gasteiger partial charge in [0.15, 0.2) is 0 Å². The second-order valence-corrected chi connectivity index (χ2v) is 7.16. The smallest absolute Gasteiger partial charge is 0.240 e. The number of sulfonamides is 1. The molecule has 9 heteroatoms. The molecule has 1 heterocycles. The van der Waals surface area contributed by atoms with Crippen LogP contribution in [0.2, 0.25) is 0 Å². The van der Waals surface area contributed by atoms with Crippen LogP contribution in [0.25, 0.3) is 0 Å². The van der Waals surface area contributed by atoms with E-state index in [1.54, 1.807) is 6.07 Å². The first-order valence-electron chi connectivity index (χ1n) is 6.19. The lowest BCUT2D eigenvalue weighted by Gasteiger charge is -2.17. The SMILES string of the molecule is CC(=O)NCCNS(=O)(=O)c1ccc2c(c1)NC(=O)CS2. The minimum atomic E-state index is -3.67. The predicted octanol–water partition coefficient (Wildman–Crippen LogP) is 0.145. The number of carbonyl (C=O) groups is 2. The van der Waals surface area contributed by atoms with Gasteiger partial charge < -0.3 is 10.6 Å². The van der Waals surface area contributed by atoms with Gasteiger partial charge in [0.1, 0.15) is 0 Å². The molecule has 1 aliphatic rings. The standard InChI is InChI=1S/C12H15N3O4S2/c1-8(16)13-4-5-14-21(18,19)9-2-3-11-10(6-9)15-12(17)7-20-11/h2-3,6,14H,4-5,7H2,1H3,(H,13,16)(H,15,17). The summed E-state index contributed by atoms with van der Waals surface area (Å²) in [5.41, 5.74) is 0.501. The quantitative estimate of drug-likeness (QED) is 0.667. The number of rotatable bonds is 5. The fraction of sp³-hybridized carbons (Fsp3) is 0.333. The Balaban J connectivity index is 2.08. The Kier molecular flexibility index (Phi) is 4.86. The molecule has 0 saturated heterocycles. The van der Waals surface area contributed by atoms with Crippen molar-refractivity contribution in [2.24, 2.45) is 0 Å². The first-order valence-corrected chi connectivity index (χ1v) is 8.66. The third-order valence-electron chi connectivity index (χ3n) is 2.69. The molecule has 0 spiro atoms. The molecule has 21 heavy (non-hydrogen) atoms. The van der Waals surface area contributed by atoms with Crippen LogP contribution in [0, 0.1) is 0 Å². The number of anilines is 1. The van der Waals surface area contributed by atoms with Crippen molar-refractivity contribution in [2.45, 2.75) is 16.7 Å². The van der Waals surface area contributed by atoms with Crippen LogP contribution in [0.15, 0.2) is 28.0 Å². The first kappa shape index (κ1) is 15.8. The number of nitrogens with one attached hydrogen (secondary N) is 3. The lowest BCUT2D eigenvalue weighted by atomic mass is 10.3. The van der Waals surface area contributed by atoms with Crippen molar-refractivity contribution < 1.29 is 18.0 Å². The molecule has 2 rings (SSSR count). The number of amides is 2. The summed E-state index contributed by atoms with van der Waals surface area (Å²) in [6.07, 6.45) is 0. The number of thioether (sulfide) groups is 1. The van der Waals surface area contributed by atoms with Gasteiger partial charge in [0.25, 0.3) is 0 Å². The van der Waals surface area contributed by atoms with Crippen LogP contribution in [0.1, 0.15) is 6.92 Å². The summed E-state index contributed by atoms with van der Waals surface area (Å²) < 4.78 is 26.6. The van der Waals surface area contributed by atoms with Gasteiger partial charge in [-0.2, -0.15) is 0 Å². The molecule has 0 aliphatic carbocycles. The Morgan fingerprint density at radius 1 is 1.38 bits per heavy atom. The molecule has 1 aromatic rings. The number of hydrogen-bond donors (Lipinski definition) is 3. The molecular formula is C12H15N3O4S2. The lowest BCUT2D eigenvalue weighted by Crippen LogP contribution is -2.33. The number of benzene rings is 1. The Labute approximate surface area is 126 Å². The fourth-order valence-electron chi connectivity index (χ4n) is 1.74. The molecule has 0 bridgehead atoms. The summed E-state index contributed by atoms with van der Waals surface area (Å²) in [4.78, 5) is 22.9. The highest BCUT2D eigenvalue weighted by Crippen LogP contribution is 2.32. The van der Waals surface area contributed by atoms with Crippen LogP contribution < -0.4 is 15.4 Å². The number of hydrogen-bond acceptors (Lipinski definition) is 5. The molecule has 0 atom stereocenters. The summed E-state index contributed by atoms with van der Waals surface area (Å²) in [6.45, 7) is 1.67. The zero-order valence-corrected chi connectivity index (χ0v) is 12.9. The average molecular weight is 329 g/mol. The van der Waals surface area contributed by atoms with E-state index in [9.17, 15) is 18.0 Å². The van der Waals surface area contributed by atoms with Crippen molar-refractivity contribution in [1.29, 1.82) is 0 Å². The first-order chi connectivity index (χ1) is 9.88. The average Bonchev–Trinajstić information content (AvgIpc) is 2.42. The van der Waals surface area contributed by atoms with Gasteiger partial charge in [-0.1, -0.05) is 0 Å². The van der Waals surface area contributed by atoms with E-state index in [0.29, 0.717) is 11.4 Å². The van der Waals surface area contributed by atoms with Crippen molar-refractivity contribution in [1.82, 2.24) is 10.0 Å². The van der Waals surface area contributed by atoms with Crippen molar-refractivity contribution >= 4 is 39.3 Å². The van der Waals surface area contributed by atoms with Crippen LogP contribution in [0.4, 0.5) is 5.69 Å². The Bertz CT molecular complexity index is 673. The zero-order valence-electron chi connectivity index (χ0n) is 11.3. The summed E-state index contributed by atoms with van der Waals surface area (Å²) in [5.74, 6) is -0.0444. The predicted molar refractivity (Wildman–Crippen MR) is 79.7 cm³/mol. The molecular weight excluding hydrogens is 314 g/mol. The summed E-state index contributed by atoms with van der Waals surface area (Å²) in [6, 6.07) is 4.59. The molecule has 3 N–H and O–H groups in total. The van der Waals surface area contributed by atoms with Gasteiger partial charge in [-0.15, -0.1) is 11.8 Å². The summed E-state index contributed by atoms with van der Waals surface area (Å²) in [7, 11) is -3.67. The molecule has 7 nitrogen and oxygen atoms in total. The van der Waals surface area contributed by atoms with Crippen LogP contribution in [-0.2, 0) is 19.6 Å². The second kappa shape index (κ2) is 6.46. The van der Waals surface area contributed by atoms with Crippen molar-refractivity contribution in [3.8, 4) is 0 Å². The van der Waals surface area contributed by atoms with Gasteiger partial charge in [-0.3, -0.25) is 9.59 Å². The highest BCUT2D eigenvalue weighted by molar-refractivity contribution is 8.00. The fourth-order valence-corrected chi connectivity index (χ4v) is 3.58. The molecule has 114 valence electrons. The molecule has 0 radical (unpaired) electrons. The van der Waals surface area contributed by atoms with E-state index in [-0.39, 0.29) is 29.8 Å². The third-order valence-corrected chi connectivity index (χ3v) is 5.22. The highest BCUT2D eigenvalue weighted by atomic mass is 32.2. The zero-order chi connectivity index (χ0) is 15.5. The summed E-state index contributed by atoms with van der Waals surface area (Å²) >= 11 is 1.37. The topological polar surface area (TPSA) is 104 Å². The molecule has 1 aromatic carbocycles. The van der Waals surface area contributed by atoms with E-state index in [0.717, 1.165) is 4.90 Å². The molecule has 1 aliphatic heterocycles.